The Labute approximate surface area is 169 Å². The second kappa shape index (κ2) is 10.6. The quantitative estimate of drug-likeness (QED) is 0.654. The summed E-state index contributed by atoms with van der Waals surface area (Å²) in [7, 11) is 0. The molecular weight excluding hydrogens is 377 g/mol. The zero-order chi connectivity index (χ0) is 20.5. The van der Waals surface area contributed by atoms with Crippen LogP contribution in [0.15, 0.2) is 48.5 Å². The predicted molar refractivity (Wildman–Crippen MR) is 104 cm³/mol. The lowest BCUT2D eigenvalue weighted by Crippen LogP contribution is -2.30. The van der Waals surface area contributed by atoms with Gasteiger partial charge in [0.05, 0.1) is 11.7 Å². The summed E-state index contributed by atoms with van der Waals surface area (Å²) < 4.78 is 29.0. The minimum absolute atomic E-state index is 0.126. The maximum absolute atomic E-state index is 12.8. The van der Waals surface area contributed by atoms with E-state index < -0.39 is 11.9 Å². The Hall–Kier alpha value is -2.93. The third kappa shape index (κ3) is 6.87. The van der Waals surface area contributed by atoms with Crippen LogP contribution >= 0.6 is 0 Å². The molecule has 0 aliphatic carbocycles. The van der Waals surface area contributed by atoms with Crippen LogP contribution in [-0.2, 0) is 20.7 Å². The third-order valence-corrected chi connectivity index (χ3v) is 4.53. The lowest BCUT2D eigenvalue weighted by molar-refractivity contribution is -0.124. The molecule has 0 unspecified atom stereocenters. The van der Waals surface area contributed by atoms with E-state index in [0.717, 1.165) is 25.0 Å². The normalized spacial score (nSPS) is 15.7. The van der Waals surface area contributed by atoms with Gasteiger partial charge in [-0.25, -0.2) is 9.18 Å². The minimum Gasteiger partial charge on any atom is -0.491 e. The standard InChI is InChI=1S/C22H24FNO5/c23-18-7-3-16(4-8-18)11-12-24-21(25)15-29-22(26)17-5-9-19(10-6-17)28-14-20-2-1-13-27-20/h3-10,20H,1-2,11-15H2,(H,24,25)/t20-/m1/s1. The Morgan fingerprint density at radius 1 is 1.10 bits per heavy atom. The number of amides is 1. The molecule has 0 aromatic heterocycles. The molecule has 1 amide bonds. The van der Waals surface area contributed by atoms with Crippen molar-refractivity contribution < 1.29 is 28.2 Å². The summed E-state index contributed by atoms with van der Waals surface area (Å²) in [5, 5.41) is 2.66. The first-order valence-electron chi connectivity index (χ1n) is 9.63. The van der Waals surface area contributed by atoms with E-state index in [4.69, 9.17) is 14.2 Å². The van der Waals surface area contributed by atoms with Gasteiger partial charge in [-0.2, -0.15) is 0 Å². The number of halogens is 1. The summed E-state index contributed by atoms with van der Waals surface area (Å²) in [6, 6.07) is 12.6. The summed E-state index contributed by atoms with van der Waals surface area (Å²) in [5.74, 6) is -0.621. The van der Waals surface area contributed by atoms with Crippen molar-refractivity contribution in [2.75, 3.05) is 26.4 Å². The number of benzene rings is 2. The molecule has 3 rings (SSSR count). The molecule has 1 saturated heterocycles. The minimum atomic E-state index is -0.579. The highest BCUT2D eigenvalue weighted by molar-refractivity contribution is 5.91. The zero-order valence-electron chi connectivity index (χ0n) is 16.1. The Morgan fingerprint density at radius 2 is 1.86 bits per heavy atom. The summed E-state index contributed by atoms with van der Waals surface area (Å²) in [5.41, 5.74) is 1.25. The Balaban J connectivity index is 1.34. The molecule has 0 spiro atoms. The van der Waals surface area contributed by atoms with Crippen LogP contribution in [0.5, 0.6) is 5.75 Å². The molecule has 1 N–H and O–H groups in total. The van der Waals surface area contributed by atoms with Crippen LogP contribution in [0.1, 0.15) is 28.8 Å². The molecule has 0 radical (unpaired) electrons. The average Bonchev–Trinajstić information content (AvgIpc) is 3.26. The van der Waals surface area contributed by atoms with Crippen LogP contribution < -0.4 is 10.1 Å². The van der Waals surface area contributed by atoms with Crippen LogP contribution in [0, 0.1) is 5.82 Å². The smallest absolute Gasteiger partial charge is 0.338 e. The van der Waals surface area contributed by atoms with Crippen molar-refractivity contribution in [1.29, 1.82) is 0 Å². The summed E-state index contributed by atoms with van der Waals surface area (Å²) in [6.45, 7) is 1.28. The first-order chi connectivity index (χ1) is 14.1. The number of esters is 1. The van der Waals surface area contributed by atoms with Crippen molar-refractivity contribution in [1.82, 2.24) is 5.32 Å². The molecule has 0 bridgehead atoms. The van der Waals surface area contributed by atoms with Gasteiger partial charge in [0.15, 0.2) is 6.61 Å². The van der Waals surface area contributed by atoms with Crippen LogP contribution in [-0.4, -0.2) is 44.3 Å². The molecule has 29 heavy (non-hydrogen) atoms. The molecule has 1 aliphatic heterocycles. The van der Waals surface area contributed by atoms with Gasteiger partial charge in [-0.3, -0.25) is 4.79 Å². The van der Waals surface area contributed by atoms with Gasteiger partial charge in [-0.15, -0.1) is 0 Å². The monoisotopic (exact) mass is 401 g/mol. The topological polar surface area (TPSA) is 73.9 Å². The van der Waals surface area contributed by atoms with Gasteiger partial charge in [-0.05, 0) is 61.2 Å². The average molecular weight is 401 g/mol. The summed E-state index contributed by atoms with van der Waals surface area (Å²) >= 11 is 0. The lowest BCUT2D eigenvalue weighted by atomic mass is 10.1. The molecule has 1 aliphatic rings. The van der Waals surface area contributed by atoms with E-state index in [1.807, 2.05) is 0 Å². The fourth-order valence-electron chi connectivity index (χ4n) is 2.91. The van der Waals surface area contributed by atoms with Gasteiger partial charge in [-0.1, -0.05) is 12.1 Å². The van der Waals surface area contributed by atoms with Crippen LogP contribution in [0.4, 0.5) is 4.39 Å². The Kier molecular flexibility index (Phi) is 7.58. The number of carbonyl (C=O) groups excluding carboxylic acids is 2. The first-order valence-corrected chi connectivity index (χ1v) is 9.63. The fourth-order valence-corrected chi connectivity index (χ4v) is 2.91. The first kappa shape index (κ1) is 20.8. The number of ether oxygens (including phenoxy) is 3. The molecule has 2 aromatic rings. The van der Waals surface area contributed by atoms with E-state index in [2.05, 4.69) is 5.32 Å². The number of hydrogen-bond donors (Lipinski definition) is 1. The number of carbonyl (C=O) groups is 2. The summed E-state index contributed by atoms with van der Waals surface area (Å²) in [6.07, 6.45) is 2.74. The summed E-state index contributed by atoms with van der Waals surface area (Å²) in [4.78, 5) is 23.9. The van der Waals surface area contributed by atoms with Crippen molar-refractivity contribution in [3.8, 4) is 5.75 Å². The van der Waals surface area contributed by atoms with E-state index in [-0.39, 0.29) is 18.5 Å². The number of rotatable bonds is 9. The van der Waals surface area contributed by atoms with E-state index in [1.54, 1.807) is 36.4 Å². The number of nitrogens with one attached hydrogen (secondary N) is 1. The predicted octanol–water partition coefficient (Wildman–Crippen LogP) is 2.90. The molecular formula is C22H24FNO5. The van der Waals surface area contributed by atoms with E-state index >= 15 is 0 Å². The van der Waals surface area contributed by atoms with Gasteiger partial charge in [0.2, 0.25) is 0 Å². The van der Waals surface area contributed by atoms with E-state index in [0.29, 0.717) is 30.9 Å². The molecule has 1 atom stereocenters. The van der Waals surface area contributed by atoms with Gasteiger partial charge in [0, 0.05) is 13.2 Å². The molecule has 2 aromatic carbocycles. The molecule has 0 saturated carbocycles. The Bertz CT molecular complexity index is 801. The molecule has 7 heteroatoms. The maximum atomic E-state index is 12.8. The van der Waals surface area contributed by atoms with Crippen molar-refractivity contribution >= 4 is 11.9 Å². The van der Waals surface area contributed by atoms with Crippen LogP contribution in [0.2, 0.25) is 0 Å². The zero-order valence-corrected chi connectivity index (χ0v) is 16.1. The Morgan fingerprint density at radius 3 is 2.55 bits per heavy atom. The fraction of sp³-hybridized carbons (Fsp3) is 0.364. The van der Waals surface area contributed by atoms with Crippen molar-refractivity contribution in [2.45, 2.75) is 25.4 Å². The van der Waals surface area contributed by atoms with E-state index in [9.17, 15) is 14.0 Å². The maximum Gasteiger partial charge on any atom is 0.338 e. The van der Waals surface area contributed by atoms with Crippen molar-refractivity contribution in [3.63, 3.8) is 0 Å². The van der Waals surface area contributed by atoms with Crippen molar-refractivity contribution in [3.05, 3.63) is 65.5 Å². The molecule has 154 valence electrons. The van der Waals surface area contributed by atoms with Crippen LogP contribution in [0.25, 0.3) is 0 Å². The second-order valence-electron chi connectivity index (χ2n) is 6.77. The van der Waals surface area contributed by atoms with Gasteiger partial charge in [0.1, 0.15) is 18.2 Å². The van der Waals surface area contributed by atoms with Gasteiger partial charge in [0.25, 0.3) is 5.91 Å². The highest BCUT2D eigenvalue weighted by atomic mass is 19.1. The second-order valence-corrected chi connectivity index (χ2v) is 6.77. The van der Waals surface area contributed by atoms with Crippen molar-refractivity contribution in [2.24, 2.45) is 0 Å². The highest BCUT2D eigenvalue weighted by Gasteiger charge is 2.16. The molecule has 6 nitrogen and oxygen atoms in total. The molecule has 1 heterocycles. The van der Waals surface area contributed by atoms with Gasteiger partial charge < -0.3 is 19.5 Å². The van der Waals surface area contributed by atoms with Crippen LogP contribution in [0.3, 0.4) is 0 Å². The van der Waals surface area contributed by atoms with E-state index in [1.165, 1.54) is 12.1 Å². The highest BCUT2D eigenvalue weighted by Crippen LogP contribution is 2.17. The molecule has 1 fully saturated rings. The number of hydrogen-bond acceptors (Lipinski definition) is 5. The SMILES string of the molecule is O=C(COC(=O)c1ccc(OC[C@H]2CCCO2)cc1)NCCc1ccc(F)cc1. The van der Waals surface area contributed by atoms with Gasteiger partial charge >= 0.3 is 5.97 Å². The largest absolute Gasteiger partial charge is 0.491 e. The third-order valence-electron chi connectivity index (χ3n) is 4.53. The lowest BCUT2D eigenvalue weighted by Gasteiger charge is -2.11.